The summed E-state index contributed by atoms with van der Waals surface area (Å²) in [7, 11) is -3.84. The summed E-state index contributed by atoms with van der Waals surface area (Å²) in [6, 6.07) is 0. The fourth-order valence-corrected chi connectivity index (χ4v) is 95.9. The van der Waals surface area contributed by atoms with Crippen LogP contribution >= 0.6 is 0 Å². The molecule has 0 aromatic heterocycles. The molecule has 0 spiro atoms. The van der Waals surface area contributed by atoms with E-state index in [0.717, 1.165) is 44.3 Å². The number of rotatable bonds is 11. The zero-order chi connectivity index (χ0) is 22.8. The first kappa shape index (κ1) is 28.9. The third-order valence-electron chi connectivity index (χ3n) is 7.77. The van der Waals surface area contributed by atoms with Crippen LogP contribution in [0.15, 0.2) is 0 Å². The van der Waals surface area contributed by atoms with Crippen LogP contribution in [0.25, 0.3) is 0 Å². The molecule has 0 bridgehead atoms. The highest BCUT2D eigenvalue weighted by Crippen LogP contribution is 2.57. The summed E-state index contributed by atoms with van der Waals surface area (Å²) in [6.07, 6.45) is 0. The van der Waals surface area contributed by atoms with Gasteiger partial charge >= 0.3 is 0 Å². The summed E-state index contributed by atoms with van der Waals surface area (Å²) in [6.45, 7) is 42.4. The SMILES string of the molecule is CC(C)[Si](C(C)C)[Si](C(C)C)(C(C)C)[Si](C(C)C)(C(C)C)[Si](C(C)C)C(C)C. The average molecular weight is 457 g/mol. The minimum Gasteiger partial charge on any atom is -0.0656 e. The van der Waals surface area contributed by atoms with Gasteiger partial charge in [-0.1, -0.05) is 155 Å². The van der Waals surface area contributed by atoms with E-state index in [1.54, 1.807) is 0 Å². The molecule has 0 heterocycles. The molecule has 0 aromatic carbocycles. The molecule has 168 valence electrons. The molecule has 0 aliphatic rings. The van der Waals surface area contributed by atoms with Crippen molar-refractivity contribution >= 4 is 30.8 Å². The van der Waals surface area contributed by atoms with Crippen LogP contribution in [0.1, 0.15) is 111 Å². The summed E-state index contributed by atoms with van der Waals surface area (Å²) in [4.78, 5) is 0. The Hall–Kier alpha value is 0.868. The van der Waals surface area contributed by atoms with E-state index < -0.39 is 30.8 Å². The van der Waals surface area contributed by atoms with Crippen LogP contribution in [0.4, 0.5) is 0 Å². The molecule has 4 heteroatoms. The molecule has 0 amide bonds. The smallest absolute Gasteiger partial charge is 0.0437 e. The molecule has 28 heavy (non-hydrogen) atoms. The van der Waals surface area contributed by atoms with E-state index >= 15 is 0 Å². The maximum atomic E-state index is 2.69. The van der Waals surface area contributed by atoms with E-state index in [0.29, 0.717) is 0 Å². The molecule has 0 fully saturated rings. The van der Waals surface area contributed by atoms with Gasteiger partial charge in [-0.15, -0.1) is 0 Å². The van der Waals surface area contributed by atoms with E-state index in [-0.39, 0.29) is 0 Å². The summed E-state index contributed by atoms with van der Waals surface area (Å²) in [5, 5.41) is 0. The molecule has 0 rings (SSSR count). The second kappa shape index (κ2) is 10.9. The fourth-order valence-electron chi connectivity index (χ4n) is 8.30. The van der Waals surface area contributed by atoms with Crippen molar-refractivity contribution in [3.8, 4) is 0 Å². The molecule has 0 atom stereocenters. The third-order valence-corrected chi connectivity index (χ3v) is 68.8. The van der Waals surface area contributed by atoms with Crippen molar-refractivity contribution in [1.82, 2.24) is 0 Å². The molecular weight excluding hydrogens is 401 g/mol. The molecule has 0 N–H and O–H groups in total. The molecule has 2 radical (unpaired) electrons. The molecule has 0 aliphatic heterocycles. The lowest BCUT2D eigenvalue weighted by molar-refractivity contribution is 0.864. The van der Waals surface area contributed by atoms with E-state index in [1.807, 2.05) is 0 Å². The molecule has 0 unspecified atom stereocenters. The van der Waals surface area contributed by atoms with Crippen molar-refractivity contribution < 1.29 is 0 Å². The Kier molecular flexibility index (Phi) is 11.3. The van der Waals surface area contributed by atoms with Gasteiger partial charge < -0.3 is 0 Å². The van der Waals surface area contributed by atoms with Crippen molar-refractivity contribution in [3.63, 3.8) is 0 Å². The van der Waals surface area contributed by atoms with Gasteiger partial charge in [-0.25, -0.2) is 0 Å². The van der Waals surface area contributed by atoms with Gasteiger partial charge in [-0.2, -0.15) is 0 Å². The van der Waals surface area contributed by atoms with Crippen molar-refractivity contribution in [3.05, 3.63) is 0 Å². The predicted octanol–water partition coefficient (Wildman–Crippen LogP) is 9.39. The van der Waals surface area contributed by atoms with Crippen LogP contribution in [0.3, 0.4) is 0 Å². The Morgan fingerprint density at radius 3 is 0.536 bits per heavy atom. The predicted molar refractivity (Wildman–Crippen MR) is 144 cm³/mol. The fraction of sp³-hybridized carbons (Fsp3) is 1.00. The topological polar surface area (TPSA) is 0 Å². The first-order chi connectivity index (χ1) is 12.6. The number of hydrogen-bond acceptors (Lipinski definition) is 0. The van der Waals surface area contributed by atoms with Crippen molar-refractivity contribution in [2.24, 2.45) is 0 Å². The average Bonchev–Trinajstić information content (AvgIpc) is 2.46. The Bertz CT molecular complexity index is 376. The second-order valence-electron chi connectivity index (χ2n) is 11.9. The van der Waals surface area contributed by atoms with Gasteiger partial charge in [0.2, 0.25) is 0 Å². The lowest BCUT2D eigenvalue weighted by Gasteiger charge is -2.66. The van der Waals surface area contributed by atoms with E-state index in [1.165, 1.54) is 0 Å². The van der Waals surface area contributed by atoms with Gasteiger partial charge in [0.05, 0.1) is 0 Å². The Balaban J connectivity index is 7.64. The van der Waals surface area contributed by atoms with Gasteiger partial charge in [-0.3, -0.25) is 0 Å². The molecule has 0 nitrogen and oxygen atoms in total. The second-order valence-corrected chi connectivity index (χ2v) is 42.8. The first-order valence-corrected chi connectivity index (χ1v) is 22.9. The molecule has 0 saturated carbocycles. The van der Waals surface area contributed by atoms with Gasteiger partial charge in [0, 0.05) is 30.8 Å². The molecule has 0 saturated heterocycles. The highest BCUT2D eigenvalue weighted by Gasteiger charge is 2.68. The summed E-state index contributed by atoms with van der Waals surface area (Å²) < 4.78 is 0. The maximum Gasteiger partial charge on any atom is 0.0437 e. The molecule has 0 aromatic rings. The lowest BCUT2D eigenvalue weighted by atomic mass is 10.5. The molecule has 0 aliphatic carbocycles. The van der Waals surface area contributed by atoms with Crippen LogP contribution in [0, 0.1) is 0 Å². The van der Waals surface area contributed by atoms with E-state index in [2.05, 4.69) is 111 Å². The van der Waals surface area contributed by atoms with E-state index in [9.17, 15) is 0 Å². The van der Waals surface area contributed by atoms with Crippen molar-refractivity contribution in [2.75, 3.05) is 0 Å². The normalized spacial score (nSPS) is 14.8. The van der Waals surface area contributed by atoms with Gasteiger partial charge in [0.15, 0.2) is 0 Å². The zero-order valence-corrected chi connectivity index (χ0v) is 26.6. The summed E-state index contributed by atoms with van der Waals surface area (Å²) in [5.74, 6) is 0. The van der Waals surface area contributed by atoms with Crippen LogP contribution < -0.4 is 0 Å². The lowest BCUT2D eigenvalue weighted by Crippen LogP contribution is -2.84. The first-order valence-electron chi connectivity index (χ1n) is 12.3. The third kappa shape index (κ3) is 4.70. The number of hydrogen-bond donors (Lipinski definition) is 0. The highest BCUT2D eigenvalue weighted by molar-refractivity contribution is 7.80. The van der Waals surface area contributed by atoms with Gasteiger partial charge in [-0.05, 0) is 0 Å². The molecular formula is C24H56Si4. The highest BCUT2D eigenvalue weighted by atomic mass is 29.8. The zero-order valence-electron chi connectivity index (χ0n) is 22.6. The van der Waals surface area contributed by atoms with Crippen LogP contribution in [0.5, 0.6) is 0 Å². The van der Waals surface area contributed by atoms with Crippen LogP contribution in [-0.4, -0.2) is 30.8 Å². The van der Waals surface area contributed by atoms with Crippen LogP contribution in [0.2, 0.25) is 44.3 Å². The maximum absolute atomic E-state index is 2.69. The monoisotopic (exact) mass is 456 g/mol. The minimum absolute atomic E-state index is 0.405. The Morgan fingerprint density at radius 2 is 0.464 bits per heavy atom. The van der Waals surface area contributed by atoms with Gasteiger partial charge in [0.1, 0.15) is 0 Å². The standard InChI is InChI=1S/C24H56Si4/c1-17(2)25(18(3)4)27(21(9)10,22(11)12)28(23(13)14,24(15)16)26(19(5)6)20(7)8/h17-24H,1-16H3. The van der Waals surface area contributed by atoms with Gasteiger partial charge in [0.25, 0.3) is 0 Å². The van der Waals surface area contributed by atoms with E-state index in [4.69, 9.17) is 0 Å². The van der Waals surface area contributed by atoms with Crippen LogP contribution in [-0.2, 0) is 0 Å². The Labute approximate surface area is 185 Å². The quantitative estimate of drug-likeness (QED) is 0.271. The van der Waals surface area contributed by atoms with Crippen molar-refractivity contribution in [1.29, 1.82) is 0 Å². The largest absolute Gasteiger partial charge is 0.0656 e. The summed E-state index contributed by atoms with van der Waals surface area (Å²) >= 11 is 0. The summed E-state index contributed by atoms with van der Waals surface area (Å²) in [5.41, 5.74) is 7.37. The van der Waals surface area contributed by atoms with Crippen molar-refractivity contribution in [2.45, 2.75) is 155 Å². The minimum atomic E-state index is -1.51. The Morgan fingerprint density at radius 1 is 0.321 bits per heavy atom.